The Hall–Kier alpha value is -2.34. The van der Waals surface area contributed by atoms with E-state index in [1.165, 1.54) is 0 Å². The molecule has 6 heteroatoms. The van der Waals surface area contributed by atoms with Crippen molar-refractivity contribution in [2.24, 2.45) is 0 Å². The first-order valence-electron chi connectivity index (χ1n) is 7.96. The van der Waals surface area contributed by atoms with Crippen molar-refractivity contribution in [1.82, 2.24) is 14.9 Å². The number of carbonyl (C=O) groups excluding carboxylic acids is 1. The molecule has 0 amide bonds. The molecule has 0 bridgehead atoms. The fourth-order valence-electron chi connectivity index (χ4n) is 2.57. The second-order valence-corrected chi connectivity index (χ2v) is 5.77. The van der Waals surface area contributed by atoms with Crippen LogP contribution in [-0.2, 0) is 6.54 Å². The van der Waals surface area contributed by atoms with Crippen molar-refractivity contribution in [3.8, 4) is 5.75 Å². The molecule has 1 unspecified atom stereocenters. The maximum atomic E-state index is 12.2. The zero-order chi connectivity index (χ0) is 16.1. The lowest BCUT2D eigenvalue weighted by molar-refractivity contribution is 0.0991. The zero-order valence-electron chi connectivity index (χ0n) is 13.3. The normalized spacial score (nSPS) is 16.3. The van der Waals surface area contributed by atoms with Crippen LogP contribution in [0.3, 0.4) is 0 Å². The summed E-state index contributed by atoms with van der Waals surface area (Å²) in [6, 6.07) is 5.56. The number of aryl methyl sites for hydroxylation is 1. The summed E-state index contributed by atoms with van der Waals surface area (Å²) in [5, 5.41) is 6.49. The number of benzene rings is 1. The summed E-state index contributed by atoms with van der Waals surface area (Å²) in [5.41, 5.74) is 1.60. The van der Waals surface area contributed by atoms with Gasteiger partial charge in [0, 0.05) is 24.5 Å². The van der Waals surface area contributed by atoms with Gasteiger partial charge in [-0.25, -0.2) is 4.98 Å². The highest BCUT2D eigenvalue weighted by molar-refractivity contribution is 5.98. The Labute approximate surface area is 135 Å². The fourth-order valence-corrected chi connectivity index (χ4v) is 2.57. The number of hydrogen-bond donors (Lipinski definition) is 2. The van der Waals surface area contributed by atoms with Crippen LogP contribution < -0.4 is 15.4 Å². The van der Waals surface area contributed by atoms with Gasteiger partial charge in [0.25, 0.3) is 0 Å². The van der Waals surface area contributed by atoms with Crippen LogP contribution >= 0.6 is 0 Å². The summed E-state index contributed by atoms with van der Waals surface area (Å²) < 4.78 is 7.75. The summed E-state index contributed by atoms with van der Waals surface area (Å²) in [6.07, 6.45) is 6.62. The number of ketones is 1. The highest BCUT2D eigenvalue weighted by Crippen LogP contribution is 2.29. The van der Waals surface area contributed by atoms with Crippen molar-refractivity contribution < 1.29 is 9.53 Å². The van der Waals surface area contributed by atoms with Crippen molar-refractivity contribution in [2.75, 3.05) is 25.0 Å². The average Bonchev–Trinajstić information content (AvgIpc) is 3.07. The predicted molar refractivity (Wildman–Crippen MR) is 89.1 cm³/mol. The molecule has 0 spiro atoms. The number of nitrogens with one attached hydrogen (secondary N) is 2. The second kappa shape index (κ2) is 7.28. The molecule has 1 aromatic carbocycles. The third kappa shape index (κ3) is 4.10. The van der Waals surface area contributed by atoms with Gasteiger partial charge >= 0.3 is 0 Å². The Morgan fingerprint density at radius 2 is 2.43 bits per heavy atom. The molecular weight excluding hydrogens is 292 g/mol. The van der Waals surface area contributed by atoms with Gasteiger partial charge in [-0.1, -0.05) is 0 Å². The van der Waals surface area contributed by atoms with E-state index in [-0.39, 0.29) is 11.9 Å². The minimum absolute atomic E-state index is 0.0934. The number of hydrogen-bond acceptors (Lipinski definition) is 5. The maximum absolute atomic E-state index is 12.2. The maximum Gasteiger partial charge on any atom is 0.176 e. The van der Waals surface area contributed by atoms with Gasteiger partial charge in [0.15, 0.2) is 5.78 Å². The number of aromatic nitrogens is 2. The molecule has 2 N–H and O–H groups in total. The molecule has 6 nitrogen and oxygen atoms in total. The van der Waals surface area contributed by atoms with Crippen LogP contribution in [0.25, 0.3) is 0 Å². The summed E-state index contributed by atoms with van der Waals surface area (Å²) in [6.45, 7) is 4.83. The van der Waals surface area contributed by atoms with Gasteiger partial charge in [0.2, 0.25) is 0 Å². The van der Waals surface area contributed by atoms with Crippen LogP contribution in [0.1, 0.15) is 23.7 Å². The summed E-state index contributed by atoms with van der Waals surface area (Å²) in [4.78, 5) is 16.2. The highest BCUT2D eigenvalue weighted by Gasteiger charge is 2.17. The largest absolute Gasteiger partial charge is 0.487 e. The molecule has 122 valence electrons. The number of rotatable bonds is 7. The van der Waals surface area contributed by atoms with Crippen LogP contribution in [0.2, 0.25) is 0 Å². The van der Waals surface area contributed by atoms with E-state index in [4.69, 9.17) is 4.74 Å². The van der Waals surface area contributed by atoms with E-state index in [9.17, 15) is 4.79 Å². The predicted octanol–water partition coefficient (Wildman–Crippen LogP) is 1.94. The zero-order valence-corrected chi connectivity index (χ0v) is 13.3. The number of imidazole rings is 1. The first-order valence-corrected chi connectivity index (χ1v) is 7.96. The van der Waals surface area contributed by atoms with Gasteiger partial charge in [0.05, 0.1) is 25.1 Å². The van der Waals surface area contributed by atoms with E-state index in [1.807, 2.05) is 35.9 Å². The van der Waals surface area contributed by atoms with Gasteiger partial charge in [-0.2, -0.15) is 0 Å². The Kier molecular flexibility index (Phi) is 4.92. The lowest BCUT2D eigenvalue weighted by Crippen LogP contribution is -2.28. The minimum atomic E-state index is 0.0934. The molecule has 2 heterocycles. The third-order valence-electron chi connectivity index (χ3n) is 3.82. The van der Waals surface area contributed by atoms with Crippen LogP contribution in [0, 0.1) is 0 Å². The van der Waals surface area contributed by atoms with E-state index in [0.29, 0.717) is 12.1 Å². The summed E-state index contributed by atoms with van der Waals surface area (Å²) in [7, 11) is 0. The molecule has 0 radical (unpaired) electrons. The van der Waals surface area contributed by atoms with Crippen molar-refractivity contribution in [2.45, 2.75) is 26.0 Å². The smallest absolute Gasteiger partial charge is 0.176 e. The second-order valence-electron chi connectivity index (χ2n) is 5.77. The third-order valence-corrected chi connectivity index (χ3v) is 3.82. The lowest BCUT2D eigenvalue weighted by atomic mass is 10.1. The number of Topliss-reactive ketones (excluding diaryl/α,β-unsaturated/α-hetero) is 1. The van der Waals surface area contributed by atoms with E-state index < -0.39 is 0 Å². The van der Waals surface area contributed by atoms with Gasteiger partial charge in [-0.3, -0.25) is 4.79 Å². The van der Waals surface area contributed by atoms with Crippen molar-refractivity contribution in [3.05, 3.63) is 42.5 Å². The van der Waals surface area contributed by atoms with Crippen molar-refractivity contribution in [1.29, 1.82) is 0 Å². The van der Waals surface area contributed by atoms with Gasteiger partial charge in [-0.15, -0.1) is 0 Å². The topological polar surface area (TPSA) is 68.2 Å². The van der Waals surface area contributed by atoms with Crippen LogP contribution in [0.4, 0.5) is 5.69 Å². The van der Waals surface area contributed by atoms with E-state index in [2.05, 4.69) is 15.6 Å². The lowest BCUT2D eigenvalue weighted by Gasteiger charge is -2.25. The number of nitrogens with zero attached hydrogens (tertiary/aromatic N) is 2. The van der Waals surface area contributed by atoms with Gasteiger partial charge in [0.1, 0.15) is 11.9 Å². The molecule has 0 aliphatic carbocycles. The number of ether oxygens (including phenoxy) is 1. The van der Waals surface area contributed by atoms with Gasteiger partial charge < -0.3 is 19.9 Å². The SMILES string of the molecule is CC1CNc2cc(C(=O)CNCCCn3ccnc3)ccc2O1. The van der Waals surface area contributed by atoms with Crippen LogP contribution in [0.15, 0.2) is 36.9 Å². The number of fused-ring (bicyclic) bond motifs is 1. The quantitative estimate of drug-likeness (QED) is 0.604. The fraction of sp³-hybridized carbons (Fsp3) is 0.412. The van der Waals surface area contributed by atoms with E-state index in [1.54, 1.807) is 12.5 Å². The summed E-state index contributed by atoms with van der Waals surface area (Å²) in [5.74, 6) is 0.907. The number of anilines is 1. The van der Waals surface area contributed by atoms with Crippen molar-refractivity contribution >= 4 is 11.5 Å². The van der Waals surface area contributed by atoms with Crippen molar-refractivity contribution in [3.63, 3.8) is 0 Å². The highest BCUT2D eigenvalue weighted by atomic mass is 16.5. The molecule has 2 aromatic rings. The molecule has 0 saturated heterocycles. The monoisotopic (exact) mass is 314 g/mol. The molecule has 23 heavy (non-hydrogen) atoms. The van der Waals surface area contributed by atoms with E-state index in [0.717, 1.165) is 37.5 Å². The standard InChI is InChI=1S/C17H22N4O2/c1-13-10-20-15-9-14(3-4-17(15)23-13)16(22)11-18-5-2-7-21-8-6-19-12-21/h3-4,6,8-9,12-13,18,20H,2,5,7,10-11H2,1H3. The molecule has 0 fully saturated rings. The van der Waals surface area contributed by atoms with E-state index >= 15 is 0 Å². The van der Waals surface area contributed by atoms with Crippen LogP contribution in [-0.4, -0.2) is 41.1 Å². The molecular formula is C17H22N4O2. The Morgan fingerprint density at radius 3 is 3.26 bits per heavy atom. The Morgan fingerprint density at radius 1 is 1.52 bits per heavy atom. The molecule has 1 aromatic heterocycles. The summed E-state index contributed by atoms with van der Waals surface area (Å²) >= 11 is 0. The van der Waals surface area contributed by atoms with Gasteiger partial charge in [-0.05, 0) is 38.1 Å². The Balaban J connectivity index is 1.45. The van der Waals surface area contributed by atoms with Crippen LogP contribution in [0.5, 0.6) is 5.75 Å². The molecule has 1 aliphatic heterocycles. The molecule has 3 rings (SSSR count). The molecule has 0 saturated carbocycles. The number of carbonyl (C=O) groups is 1. The molecule has 1 aliphatic rings. The average molecular weight is 314 g/mol. The first-order chi connectivity index (χ1) is 11.2. The minimum Gasteiger partial charge on any atom is -0.487 e. The molecule has 1 atom stereocenters. The Bertz CT molecular complexity index is 655. The first kappa shape index (κ1) is 15.6.